The molecule has 1 amide bonds. The van der Waals surface area contributed by atoms with Crippen molar-refractivity contribution in [3.8, 4) is 0 Å². The summed E-state index contributed by atoms with van der Waals surface area (Å²) < 4.78 is 2.18. The quantitative estimate of drug-likeness (QED) is 0.0990. The van der Waals surface area contributed by atoms with Crippen molar-refractivity contribution < 1.29 is 9.36 Å². The van der Waals surface area contributed by atoms with Gasteiger partial charge in [-0.15, -0.1) is 0 Å². The van der Waals surface area contributed by atoms with E-state index in [2.05, 4.69) is 57.6 Å². The molecule has 0 atom stereocenters. The third kappa shape index (κ3) is 8.04. The second kappa shape index (κ2) is 13.2. The number of H-pyrrole nitrogens is 1. The summed E-state index contributed by atoms with van der Waals surface area (Å²) in [6.07, 6.45) is 1.66. The Bertz CT molecular complexity index is 935. The number of aryl methyl sites for hydroxylation is 2. The fourth-order valence-corrected chi connectivity index (χ4v) is 4.25. The maximum atomic E-state index is 12.3. The Kier molecular flexibility index (Phi) is 10.7. The average molecular weight is 480 g/mol. The Hall–Kier alpha value is -2.60. The molecule has 2 heterocycles. The van der Waals surface area contributed by atoms with Crippen LogP contribution in [0.3, 0.4) is 0 Å². The first-order valence-corrected chi connectivity index (χ1v) is 12.4. The molecule has 2 aromatic heterocycles. The highest BCUT2D eigenvalue weighted by Gasteiger charge is 2.25. The number of nitrogens with one attached hydrogen (secondary N) is 2. The van der Waals surface area contributed by atoms with E-state index in [9.17, 15) is 4.79 Å². The normalized spacial score (nSPS) is 11.2. The van der Waals surface area contributed by atoms with Gasteiger partial charge in [0.25, 0.3) is 5.16 Å². The second-order valence-electron chi connectivity index (χ2n) is 8.02. The Morgan fingerprint density at radius 2 is 1.94 bits per heavy atom. The Balaban J connectivity index is 2.18. The number of anilines is 1. The summed E-state index contributed by atoms with van der Waals surface area (Å²) in [5.74, 6) is 1.07. The SMILES string of the molecule is CCN(CC)c1nc(C)c2[nH]c(SCC(=O)NCCCN=C(N)N)[n+](CCCN(C)C)c2n1. The van der Waals surface area contributed by atoms with Crippen molar-refractivity contribution in [3.05, 3.63) is 5.69 Å². The highest BCUT2D eigenvalue weighted by Crippen LogP contribution is 2.21. The maximum Gasteiger partial charge on any atom is 0.308 e. The van der Waals surface area contributed by atoms with Crippen LogP contribution >= 0.6 is 11.8 Å². The van der Waals surface area contributed by atoms with E-state index in [4.69, 9.17) is 21.4 Å². The minimum Gasteiger partial charge on any atom is -0.370 e. The van der Waals surface area contributed by atoms with Crippen molar-refractivity contribution in [3.63, 3.8) is 0 Å². The highest BCUT2D eigenvalue weighted by molar-refractivity contribution is 7.99. The minimum atomic E-state index is -0.0326. The molecular formula is C21H39N10OS+. The van der Waals surface area contributed by atoms with Gasteiger partial charge in [0.1, 0.15) is 0 Å². The van der Waals surface area contributed by atoms with E-state index in [0.717, 1.165) is 60.6 Å². The van der Waals surface area contributed by atoms with Crippen LogP contribution in [0.1, 0.15) is 32.4 Å². The molecule has 0 aliphatic carbocycles. The minimum absolute atomic E-state index is 0.0326. The van der Waals surface area contributed by atoms with Crippen molar-refractivity contribution in [2.24, 2.45) is 16.5 Å². The maximum absolute atomic E-state index is 12.3. The van der Waals surface area contributed by atoms with Crippen LogP contribution in [0.4, 0.5) is 5.95 Å². The number of carbonyl (C=O) groups excluding carboxylic acids is 1. The van der Waals surface area contributed by atoms with Gasteiger partial charge in [0.15, 0.2) is 11.5 Å². The average Bonchev–Trinajstić information content (AvgIpc) is 3.11. The predicted octanol–water partition coefficient (Wildman–Crippen LogP) is 0.224. The van der Waals surface area contributed by atoms with E-state index < -0.39 is 0 Å². The topological polar surface area (TPSA) is 145 Å². The fraction of sp³-hybridized carbons (Fsp3) is 0.667. The molecule has 2 rings (SSSR count). The molecule has 0 saturated carbocycles. The lowest BCUT2D eigenvalue weighted by Gasteiger charge is -2.15. The van der Waals surface area contributed by atoms with Crippen LogP contribution in [-0.2, 0) is 11.3 Å². The van der Waals surface area contributed by atoms with Crippen molar-refractivity contribution in [1.29, 1.82) is 0 Å². The molecule has 0 aromatic carbocycles. The summed E-state index contributed by atoms with van der Waals surface area (Å²) in [6.45, 7) is 10.7. The van der Waals surface area contributed by atoms with Gasteiger partial charge in [-0.2, -0.15) is 4.98 Å². The van der Waals surface area contributed by atoms with Crippen LogP contribution in [-0.4, -0.2) is 84.3 Å². The number of imidazole rings is 1. The summed E-state index contributed by atoms with van der Waals surface area (Å²) in [5.41, 5.74) is 13.3. The van der Waals surface area contributed by atoms with Gasteiger partial charge in [-0.25, -0.2) is 4.57 Å². The van der Waals surface area contributed by atoms with Crippen LogP contribution in [0.25, 0.3) is 11.2 Å². The van der Waals surface area contributed by atoms with Gasteiger partial charge in [-0.3, -0.25) is 14.8 Å². The monoisotopic (exact) mass is 479 g/mol. The zero-order chi connectivity index (χ0) is 24.4. The molecule has 11 nitrogen and oxygen atoms in total. The van der Waals surface area contributed by atoms with E-state index >= 15 is 0 Å². The number of thioether (sulfide) groups is 1. The molecule has 184 valence electrons. The number of rotatable bonds is 14. The predicted molar refractivity (Wildman–Crippen MR) is 135 cm³/mol. The smallest absolute Gasteiger partial charge is 0.308 e. The summed E-state index contributed by atoms with van der Waals surface area (Å²) in [6, 6.07) is 0. The number of nitrogens with zero attached hydrogens (tertiary/aromatic N) is 6. The number of aromatic nitrogens is 4. The molecule has 0 bridgehead atoms. The lowest BCUT2D eigenvalue weighted by atomic mass is 10.3. The van der Waals surface area contributed by atoms with Gasteiger partial charge in [0.05, 0.1) is 18.0 Å². The van der Waals surface area contributed by atoms with Crippen molar-refractivity contribution in [1.82, 2.24) is 25.2 Å². The van der Waals surface area contributed by atoms with Crippen molar-refractivity contribution >= 4 is 40.7 Å². The molecule has 33 heavy (non-hydrogen) atoms. The number of aliphatic imine (C=N–C) groups is 1. The lowest BCUT2D eigenvalue weighted by molar-refractivity contribution is -0.710. The van der Waals surface area contributed by atoms with E-state index in [0.29, 0.717) is 25.3 Å². The molecule has 0 radical (unpaired) electrons. The van der Waals surface area contributed by atoms with Crippen LogP contribution in [0, 0.1) is 6.92 Å². The number of aromatic amines is 1. The van der Waals surface area contributed by atoms with Gasteiger partial charge in [-0.05, 0) is 59.5 Å². The van der Waals surface area contributed by atoms with Crippen molar-refractivity contribution in [2.75, 3.05) is 57.5 Å². The first-order valence-electron chi connectivity index (χ1n) is 11.4. The molecular weight excluding hydrogens is 440 g/mol. The van der Waals surface area contributed by atoms with Crippen LogP contribution in [0.15, 0.2) is 10.1 Å². The number of fused-ring (bicyclic) bond motifs is 1. The molecule has 2 aromatic rings. The van der Waals surface area contributed by atoms with Crippen LogP contribution in [0.5, 0.6) is 0 Å². The Labute approximate surface area is 200 Å². The summed E-state index contributed by atoms with van der Waals surface area (Å²) in [5, 5.41) is 3.82. The Morgan fingerprint density at radius 1 is 1.21 bits per heavy atom. The zero-order valence-corrected chi connectivity index (χ0v) is 21.3. The Morgan fingerprint density at radius 3 is 2.58 bits per heavy atom. The van der Waals surface area contributed by atoms with E-state index in [-0.39, 0.29) is 11.9 Å². The van der Waals surface area contributed by atoms with Crippen LogP contribution < -0.4 is 26.3 Å². The third-order valence-electron chi connectivity index (χ3n) is 5.12. The highest BCUT2D eigenvalue weighted by atomic mass is 32.2. The first-order chi connectivity index (χ1) is 15.8. The number of nitrogens with two attached hydrogens (primary N) is 2. The number of amides is 1. The standard InChI is InChI=1S/C21H38N10OS/c1-6-30(7-2)20-26-15(3)17-18(28-20)31(13-9-12-29(4)5)21(27-17)33-14-16(32)24-10-8-11-25-19(22)23/h6-14H2,1-5H3,(H5,22,23,24,25,32)/p+1. The fourth-order valence-electron chi connectivity index (χ4n) is 3.37. The summed E-state index contributed by atoms with van der Waals surface area (Å²) >= 11 is 1.48. The van der Waals surface area contributed by atoms with Gasteiger partial charge >= 0.3 is 11.6 Å². The third-order valence-corrected chi connectivity index (χ3v) is 6.12. The van der Waals surface area contributed by atoms with Gasteiger partial charge < -0.3 is 26.6 Å². The van der Waals surface area contributed by atoms with Gasteiger partial charge in [0.2, 0.25) is 5.91 Å². The number of guanidine groups is 1. The largest absolute Gasteiger partial charge is 0.370 e. The summed E-state index contributed by atoms with van der Waals surface area (Å²) in [7, 11) is 4.13. The molecule has 0 unspecified atom stereocenters. The first kappa shape index (κ1) is 26.7. The molecule has 6 N–H and O–H groups in total. The van der Waals surface area contributed by atoms with Crippen LogP contribution in [0.2, 0.25) is 0 Å². The van der Waals surface area contributed by atoms with Gasteiger partial charge in [-0.1, -0.05) is 4.98 Å². The van der Waals surface area contributed by atoms with Crippen molar-refractivity contribution in [2.45, 2.75) is 45.3 Å². The van der Waals surface area contributed by atoms with Gasteiger partial charge in [0, 0.05) is 32.7 Å². The molecule has 0 fully saturated rings. The second-order valence-corrected chi connectivity index (χ2v) is 8.98. The molecule has 0 spiro atoms. The number of carbonyl (C=O) groups is 1. The lowest BCUT2D eigenvalue weighted by Crippen LogP contribution is -2.38. The number of hydrogen-bond donors (Lipinski definition) is 4. The summed E-state index contributed by atoms with van der Waals surface area (Å²) in [4.78, 5) is 33.7. The zero-order valence-electron chi connectivity index (χ0n) is 20.5. The molecule has 0 aliphatic heterocycles. The molecule has 12 heteroatoms. The van der Waals surface area contributed by atoms with E-state index in [1.165, 1.54) is 11.8 Å². The molecule has 0 saturated heterocycles. The number of hydrogen-bond acceptors (Lipinski definition) is 7. The van der Waals surface area contributed by atoms with E-state index in [1.54, 1.807) is 0 Å². The molecule has 0 aliphatic rings. The van der Waals surface area contributed by atoms with E-state index in [1.807, 2.05) is 6.92 Å².